The van der Waals surface area contributed by atoms with Gasteiger partial charge in [-0.05, 0) is 39.5 Å². The van der Waals surface area contributed by atoms with Crippen molar-refractivity contribution in [1.29, 1.82) is 0 Å². The molecule has 3 nitrogen and oxygen atoms in total. The van der Waals surface area contributed by atoms with E-state index in [1.807, 2.05) is 11.9 Å². The smallest absolute Gasteiger partial charge is 0.229 e. The van der Waals surface area contributed by atoms with Crippen LogP contribution in [0.3, 0.4) is 0 Å². The molecule has 94 valence electrons. The van der Waals surface area contributed by atoms with E-state index in [9.17, 15) is 4.79 Å². The predicted octanol–water partition coefficient (Wildman–Crippen LogP) is 1.59. The molecule has 16 heavy (non-hydrogen) atoms. The van der Waals surface area contributed by atoms with Gasteiger partial charge in [0.25, 0.3) is 0 Å². The van der Waals surface area contributed by atoms with E-state index in [0.29, 0.717) is 11.9 Å². The summed E-state index contributed by atoms with van der Waals surface area (Å²) in [6.07, 6.45) is 4.20. The number of nitrogens with one attached hydrogen (secondary N) is 1. The number of hydrogen-bond donors (Lipinski definition) is 1. The second kappa shape index (κ2) is 5.92. The van der Waals surface area contributed by atoms with Crippen LogP contribution in [-0.2, 0) is 4.79 Å². The first-order valence-corrected chi connectivity index (χ1v) is 7.37. The maximum absolute atomic E-state index is 12.4. The Kier molecular flexibility index (Phi) is 5.12. The Morgan fingerprint density at radius 3 is 2.81 bits per heavy atom. The van der Waals surface area contributed by atoms with E-state index in [4.69, 9.17) is 0 Å². The molecule has 0 aromatic carbocycles. The Labute approximate surface area is 103 Å². The first-order chi connectivity index (χ1) is 7.51. The van der Waals surface area contributed by atoms with E-state index in [2.05, 4.69) is 25.4 Å². The molecule has 1 N–H and O–H groups in total. The van der Waals surface area contributed by atoms with Crippen molar-refractivity contribution in [2.75, 3.05) is 32.1 Å². The summed E-state index contributed by atoms with van der Waals surface area (Å²) in [4.78, 5) is 14.3. The van der Waals surface area contributed by atoms with Gasteiger partial charge in [-0.2, -0.15) is 11.8 Å². The summed E-state index contributed by atoms with van der Waals surface area (Å²) in [6.45, 7) is 6.08. The van der Waals surface area contributed by atoms with Gasteiger partial charge in [-0.1, -0.05) is 0 Å². The van der Waals surface area contributed by atoms with Crippen molar-refractivity contribution in [1.82, 2.24) is 10.2 Å². The number of piperidine rings is 1. The summed E-state index contributed by atoms with van der Waals surface area (Å²) in [5.74, 6) is 1.30. The highest BCUT2D eigenvalue weighted by Crippen LogP contribution is 2.28. The van der Waals surface area contributed by atoms with Gasteiger partial charge < -0.3 is 10.2 Å². The molecular weight excluding hydrogens is 220 g/mol. The Morgan fingerprint density at radius 1 is 1.62 bits per heavy atom. The van der Waals surface area contributed by atoms with Gasteiger partial charge in [0, 0.05) is 25.4 Å². The van der Waals surface area contributed by atoms with Gasteiger partial charge in [-0.15, -0.1) is 0 Å². The minimum Gasteiger partial charge on any atom is -0.342 e. The third-order valence-corrected chi connectivity index (χ3v) is 4.32. The van der Waals surface area contributed by atoms with E-state index in [-0.39, 0.29) is 5.41 Å². The van der Waals surface area contributed by atoms with Crippen molar-refractivity contribution in [2.45, 2.75) is 32.7 Å². The van der Waals surface area contributed by atoms with Crippen LogP contribution in [0.1, 0.15) is 26.7 Å². The van der Waals surface area contributed by atoms with Crippen LogP contribution < -0.4 is 5.32 Å². The largest absolute Gasteiger partial charge is 0.342 e. The summed E-state index contributed by atoms with van der Waals surface area (Å²) < 4.78 is 0. The lowest BCUT2D eigenvalue weighted by Gasteiger charge is -2.38. The second-order valence-corrected chi connectivity index (χ2v) is 5.97. The molecule has 0 saturated carbocycles. The lowest BCUT2D eigenvalue weighted by molar-refractivity contribution is -0.142. The molecule has 1 rings (SSSR count). The van der Waals surface area contributed by atoms with Crippen molar-refractivity contribution in [3.05, 3.63) is 0 Å². The van der Waals surface area contributed by atoms with Crippen LogP contribution in [0.15, 0.2) is 0 Å². The van der Waals surface area contributed by atoms with E-state index >= 15 is 0 Å². The van der Waals surface area contributed by atoms with Gasteiger partial charge in [-0.25, -0.2) is 0 Å². The number of hydrogen-bond acceptors (Lipinski definition) is 3. The minimum atomic E-state index is -0.195. The molecule has 0 aromatic heterocycles. The van der Waals surface area contributed by atoms with E-state index < -0.39 is 0 Å². The molecule has 2 atom stereocenters. The van der Waals surface area contributed by atoms with Crippen molar-refractivity contribution < 1.29 is 4.79 Å². The highest BCUT2D eigenvalue weighted by atomic mass is 32.2. The van der Waals surface area contributed by atoms with Crippen LogP contribution in [0.5, 0.6) is 0 Å². The molecule has 4 heteroatoms. The number of carbonyl (C=O) groups is 1. The van der Waals surface area contributed by atoms with Crippen LogP contribution in [0.25, 0.3) is 0 Å². The zero-order chi connectivity index (χ0) is 12.2. The summed E-state index contributed by atoms with van der Waals surface area (Å²) in [7, 11) is 1.93. The molecule has 0 radical (unpaired) electrons. The van der Waals surface area contributed by atoms with E-state index in [1.165, 1.54) is 0 Å². The zero-order valence-corrected chi connectivity index (χ0v) is 11.7. The molecule has 2 unspecified atom stereocenters. The molecule has 0 bridgehead atoms. The first-order valence-electron chi connectivity index (χ1n) is 5.98. The Balaban J connectivity index is 2.61. The fraction of sp³-hybridized carbons (Fsp3) is 0.917. The predicted molar refractivity (Wildman–Crippen MR) is 70.8 cm³/mol. The molecule has 1 aliphatic heterocycles. The molecule has 1 saturated heterocycles. The first kappa shape index (κ1) is 13.8. The average molecular weight is 244 g/mol. The van der Waals surface area contributed by atoms with Gasteiger partial charge in [-0.3, -0.25) is 4.79 Å². The van der Waals surface area contributed by atoms with Crippen molar-refractivity contribution in [3.63, 3.8) is 0 Å². The third kappa shape index (κ3) is 3.14. The molecular formula is C12H24N2OS. The average Bonchev–Trinajstić information content (AvgIpc) is 2.28. The molecule has 1 amide bonds. The van der Waals surface area contributed by atoms with Gasteiger partial charge in [0.1, 0.15) is 0 Å². The molecule has 1 aliphatic rings. The van der Waals surface area contributed by atoms with Crippen LogP contribution in [0, 0.1) is 5.41 Å². The highest BCUT2D eigenvalue weighted by molar-refractivity contribution is 7.98. The van der Waals surface area contributed by atoms with Crippen molar-refractivity contribution in [3.8, 4) is 0 Å². The monoisotopic (exact) mass is 244 g/mol. The Bertz CT molecular complexity index is 239. The van der Waals surface area contributed by atoms with Gasteiger partial charge in [0.15, 0.2) is 0 Å². The highest BCUT2D eigenvalue weighted by Gasteiger charge is 2.37. The Morgan fingerprint density at radius 2 is 2.31 bits per heavy atom. The number of thioether (sulfide) groups is 1. The lowest BCUT2D eigenvalue weighted by atomic mass is 9.81. The SMILES string of the molecule is CSCC(C)N(C)C(=O)C1(C)CCCNC1. The fourth-order valence-corrected chi connectivity index (χ4v) is 2.92. The number of nitrogens with zero attached hydrogens (tertiary/aromatic N) is 1. The van der Waals surface area contributed by atoms with E-state index in [1.54, 1.807) is 11.8 Å². The van der Waals surface area contributed by atoms with Crippen LogP contribution in [0.2, 0.25) is 0 Å². The third-order valence-electron chi connectivity index (χ3n) is 3.50. The molecule has 1 fully saturated rings. The van der Waals surface area contributed by atoms with Gasteiger partial charge in [0.2, 0.25) is 5.91 Å². The maximum atomic E-state index is 12.4. The van der Waals surface area contributed by atoms with Crippen molar-refractivity contribution >= 4 is 17.7 Å². The normalized spacial score (nSPS) is 27.5. The van der Waals surface area contributed by atoms with Gasteiger partial charge in [0.05, 0.1) is 5.41 Å². The fourth-order valence-electron chi connectivity index (χ4n) is 2.22. The van der Waals surface area contributed by atoms with E-state index in [0.717, 1.165) is 31.7 Å². The van der Waals surface area contributed by atoms with Crippen LogP contribution in [0.4, 0.5) is 0 Å². The molecule has 0 aliphatic carbocycles. The summed E-state index contributed by atoms with van der Waals surface area (Å²) >= 11 is 1.79. The molecule has 0 spiro atoms. The number of amides is 1. The molecule has 0 aromatic rings. The van der Waals surface area contributed by atoms with Gasteiger partial charge >= 0.3 is 0 Å². The number of rotatable bonds is 4. The standard InChI is InChI=1S/C12H24N2OS/c1-10(8-16-4)14(3)11(15)12(2)6-5-7-13-9-12/h10,13H,5-9H2,1-4H3. The molecule has 1 heterocycles. The zero-order valence-electron chi connectivity index (χ0n) is 10.9. The van der Waals surface area contributed by atoms with Crippen LogP contribution in [-0.4, -0.2) is 49.0 Å². The Hall–Kier alpha value is -0.220. The summed E-state index contributed by atoms with van der Waals surface area (Å²) in [6, 6.07) is 0.321. The van der Waals surface area contributed by atoms with Crippen LogP contribution >= 0.6 is 11.8 Å². The topological polar surface area (TPSA) is 32.3 Å². The lowest BCUT2D eigenvalue weighted by Crippen LogP contribution is -2.51. The quantitative estimate of drug-likeness (QED) is 0.815. The second-order valence-electron chi connectivity index (χ2n) is 5.06. The summed E-state index contributed by atoms with van der Waals surface area (Å²) in [5, 5.41) is 3.33. The van der Waals surface area contributed by atoms with Crippen molar-refractivity contribution in [2.24, 2.45) is 5.41 Å². The number of carbonyl (C=O) groups excluding carboxylic acids is 1. The summed E-state index contributed by atoms with van der Waals surface area (Å²) in [5.41, 5.74) is -0.195. The minimum absolute atomic E-state index is 0.195. The maximum Gasteiger partial charge on any atom is 0.229 e.